The van der Waals surface area contributed by atoms with Crippen molar-refractivity contribution in [3.8, 4) is 5.75 Å². The lowest BCUT2D eigenvalue weighted by molar-refractivity contribution is -0.120. The number of carbonyl (C=O) groups is 4. The van der Waals surface area contributed by atoms with Crippen LogP contribution >= 0.6 is 11.6 Å². The molecule has 1 heterocycles. The average molecular weight is 520 g/mol. The van der Waals surface area contributed by atoms with Gasteiger partial charge in [0.05, 0.1) is 29.1 Å². The van der Waals surface area contributed by atoms with Crippen LogP contribution in [0.3, 0.4) is 0 Å². The first-order chi connectivity index (χ1) is 17.7. The van der Waals surface area contributed by atoms with E-state index in [9.17, 15) is 19.2 Å². The number of imide groups is 1. The Morgan fingerprint density at radius 3 is 2.35 bits per heavy atom. The Morgan fingerprint density at radius 1 is 0.973 bits per heavy atom. The van der Waals surface area contributed by atoms with Crippen molar-refractivity contribution < 1.29 is 28.7 Å². The summed E-state index contributed by atoms with van der Waals surface area (Å²) >= 11 is 6.21. The normalized spacial score (nSPS) is 13.1. The number of amides is 2. The van der Waals surface area contributed by atoms with E-state index in [1.807, 2.05) is 6.92 Å². The van der Waals surface area contributed by atoms with E-state index in [0.717, 1.165) is 10.5 Å². The summed E-state index contributed by atoms with van der Waals surface area (Å²) in [4.78, 5) is 51.7. The highest BCUT2D eigenvalue weighted by molar-refractivity contribution is 6.53. The lowest BCUT2D eigenvalue weighted by atomic mass is 10.1. The number of hydrogen-bond acceptors (Lipinski definition) is 8. The monoisotopic (exact) mass is 519 g/mol. The fraction of sp³-hybridized carbons (Fsp3) is 0.111. The smallest absolute Gasteiger partial charge is 0.343 e. The Kier molecular flexibility index (Phi) is 7.26. The van der Waals surface area contributed by atoms with Gasteiger partial charge in [-0.15, -0.1) is 0 Å². The second-order valence-corrected chi connectivity index (χ2v) is 8.38. The summed E-state index contributed by atoms with van der Waals surface area (Å²) < 4.78 is 10.4. The molecule has 0 atom stereocenters. The molecule has 0 spiro atoms. The van der Waals surface area contributed by atoms with E-state index in [-0.39, 0.29) is 39.9 Å². The number of carbonyl (C=O) groups excluding carboxylic acids is 4. The highest BCUT2D eigenvalue weighted by Crippen LogP contribution is 2.32. The molecule has 1 aliphatic heterocycles. The number of nitrogen functional groups attached to an aromatic ring is 1. The second kappa shape index (κ2) is 10.5. The van der Waals surface area contributed by atoms with E-state index >= 15 is 0 Å². The predicted molar refractivity (Wildman–Crippen MR) is 138 cm³/mol. The Hall–Kier alpha value is -4.63. The highest BCUT2D eigenvalue weighted by Gasteiger charge is 2.40. The summed E-state index contributed by atoms with van der Waals surface area (Å²) in [5, 5.41) is 2.48. The Balaban J connectivity index is 1.51. The van der Waals surface area contributed by atoms with Crippen molar-refractivity contribution in [1.82, 2.24) is 0 Å². The molecule has 4 rings (SSSR count). The highest BCUT2D eigenvalue weighted by atomic mass is 35.5. The summed E-state index contributed by atoms with van der Waals surface area (Å²) in [5.41, 5.74) is 7.74. The van der Waals surface area contributed by atoms with Gasteiger partial charge in [-0.05, 0) is 67.9 Å². The van der Waals surface area contributed by atoms with Gasteiger partial charge in [0.25, 0.3) is 11.8 Å². The maximum Gasteiger partial charge on any atom is 0.343 e. The zero-order valence-corrected chi connectivity index (χ0v) is 20.7. The minimum Gasteiger partial charge on any atom is -0.462 e. The Bertz CT molecular complexity index is 1450. The van der Waals surface area contributed by atoms with Gasteiger partial charge in [0.2, 0.25) is 0 Å². The van der Waals surface area contributed by atoms with Gasteiger partial charge < -0.3 is 20.5 Å². The fourth-order valence-corrected chi connectivity index (χ4v) is 3.85. The lowest BCUT2D eigenvalue weighted by Crippen LogP contribution is -2.33. The molecule has 188 valence electrons. The maximum absolute atomic E-state index is 13.2. The summed E-state index contributed by atoms with van der Waals surface area (Å²) in [6.45, 7) is 3.65. The SMILES string of the molecule is CCOC(=O)c1ccccc1N1C(=O)C(Cl)=C(Nc2ccc(C(=O)Oc3ccc(C)cc3N)cc2)C1=O. The third-order valence-corrected chi connectivity index (χ3v) is 5.78. The zero-order chi connectivity index (χ0) is 26.7. The number of nitrogens with zero attached hydrogens (tertiary/aromatic N) is 1. The molecule has 0 unspecified atom stereocenters. The first-order valence-electron chi connectivity index (χ1n) is 11.2. The minimum atomic E-state index is -0.790. The number of para-hydroxylation sites is 1. The van der Waals surface area contributed by atoms with Crippen molar-refractivity contribution in [2.45, 2.75) is 13.8 Å². The molecule has 0 saturated heterocycles. The topological polar surface area (TPSA) is 128 Å². The van der Waals surface area contributed by atoms with Crippen LogP contribution in [0.5, 0.6) is 5.75 Å². The molecule has 0 bridgehead atoms. The van der Waals surface area contributed by atoms with Crippen molar-refractivity contribution in [3.05, 3.63) is 94.1 Å². The third-order valence-electron chi connectivity index (χ3n) is 5.43. The van der Waals surface area contributed by atoms with Crippen LogP contribution in [0.15, 0.2) is 77.5 Å². The molecule has 10 heteroatoms. The van der Waals surface area contributed by atoms with Crippen molar-refractivity contribution in [3.63, 3.8) is 0 Å². The number of rotatable bonds is 7. The van der Waals surface area contributed by atoms with E-state index < -0.39 is 23.8 Å². The summed E-state index contributed by atoms with van der Waals surface area (Å²) in [5.74, 6) is -2.58. The molecule has 0 saturated carbocycles. The number of ether oxygens (including phenoxy) is 2. The quantitative estimate of drug-likeness (QED) is 0.203. The van der Waals surface area contributed by atoms with Crippen molar-refractivity contribution in [1.29, 1.82) is 0 Å². The minimum absolute atomic E-state index is 0.0499. The maximum atomic E-state index is 13.2. The van der Waals surface area contributed by atoms with Gasteiger partial charge in [-0.3, -0.25) is 9.59 Å². The van der Waals surface area contributed by atoms with E-state index in [1.54, 1.807) is 37.3 Å². The fourth-order valence-electron chi connectivity index (χ4n) is 3.63. The number of hydrogen-bond donors (Lipinski definition) is 2. The van der Waals surface area contributed by atoms with Crippen LogP contribution in [0.4, 0.5) is 17.1 Å². The number of halogens is 1. The van der Waals surface area contributed by atoms with Gasteiger partial charge >= 0.3 is 11.9 Å². The molecule has 0 aromatic heterocycles. The summed E-state index contributed by atoms with van der Waals surface area (Å²) in [7, 11) is 0. The molecule has 37 heavy (non-hydrogen) atoms. The van der Waals surface area contributed by atoms with Crippen LogP contribution < -0.4 is 20.7 Å². The number of nitrogens with two attached hydrogens (primary N) is 1. The molecule has 2 amide bonds. The first-order valence-corrected chi connectivity index (χ1v) is 11.6. The van der Waals surface area contributed by atoms with Crippen molar-refractivity contribution in [2.24, 2.45) is 0 Å². The molecule has 9 nitrogen and oxygen atoms in total. The molecule has 1 aliphatic rings. The largest absolute Gasteiger partial charge is 0.462 e. The third kappa shape index (κ3) is 5.17. The molecular weight excluding hydrogens is 498 g/mol. The van der Waals surface area contributed by atoms with E-state index in [2.05, 4.69) is 5.32 Å². The summed E-state index contributed by atoms with van der Waals surface area (Å²) in [6.07, 6.45) is 0. The number of benzene rings is 3. The Morgan fingerprint density at radius 2 is 1.68 bits per heavy atom. The van der Waals surface area contributed by atoms with Gasteiger partial charge in [-0.2, -0.15) is 0 Å². The molecule has 0 radical (unpaired) electrons. The average Bonchev–Trinajstić information content (AvgIpc) is 3.09. The molecule has 3 N–H and O–H groups in total. The predicted octanol–water partition coefficient (Wildman–Crippen LogP) is 4.41. The van der Waals surface area contributed by atoms with E-state index in [4.69, 9.17) is 26.8 Å². The Labute approximate surface area is 217 Å². The van der Waals surface area contributed by atoms with Gasteiger partial charge in [0, 0.05) is 5.69 Å². The zero-order valence-electron chi connectivity index (χ0n) is 19.9. The summed E-state index contributed by atoms with van der Waals surface area (Å²) in [6, 6.07) is 17.2. The van der Waals surface area contributed by atoms with Crippen LogP contribution in [0.2, 0.25) is 0 Å². The number of aryl methyl sites for hydroxylation is 1. The molecule has 0 aliphatic carbocycles. The second-order valence-electron chi connectivity index (χ2n) is 8.01. The van der Waals surface area contributed by atoms with Gasteiger partial charge in [-0.25, -0.2) is 14.5 Å². The number of esters is 2. The van der Waals surface area contributed by atoms with Crippen LogP contribution in [0, 0.1) is 6.92 Å². The first kappa shape index (κ1) is 25.5. The van der Waals surface area contributed by atoms with Crippen LogP contribution in [0.1, 0.15) is 33.2 Å². The lowest BCUT2D eigenvalue weighted by Gasteiger charge is -2.18. The molecule has 3 aromatic carbocycles. The van der Waals surface area contributed by atoms with Crippen LogP contribution in [-0.2, 0) is 14.3 Å². The number of anilines is 3. The number of nitrogens with one attached hydrogen (secondary N) is 1. The van der Waals surface area contributed by atoms with E-state index in [0.29, 0.717) is 11.4 Å². The van der Waals surface area contributed by atoms with Crippen molar-refractivity contribution >= 4 is 52.4 Å². The molecular formula is C27H22ClN3O6. The van der Waals surface area contributed by atoms with Gasteiger partial charge in [0.1, 0.15) is 10.7 Å². The van der Waals surface area contributed by atoms with E-state index in [1.165, 1.54) is 36.4 Å². The van der Waals surface area contributed by atoms with Gasteiger partial charge in [-0.1, -0.05) is 29.8 Å². The molecule has 3 aromatic rings. The van der Waals surface area contributed by atoms with Crippen LogP contribution in [0.25, 0.3) is 0 Å². The molecule has 0 fully saturated rings. The van der Waals surface area contributed by atoms with Crippen LogP contribution in [-0.4, -0.2) is 30.4 Å². The van der Waals surface area contributed by atoms with Gasteiger partial charge in [0.15, 0.2) is 5.75 Å². The van der Waals surface area contributed by atoms with Crippen molar-refractivity contribution in [2.75, 3.05) is 22.6 Å². The standard InChI is InChI=1S/C27H22ClN3O6/c1-3-36-27(35)18-6-4-5-7-20(18)31-24(32)22(28)23(25(31)33)30-17-11-9-16(10-12-17)26(34)37-21-13-8-15(2)14-19(21)29/h4-14,30H,3,29H2,1-2H3.